The first-order valence-corrected chi connectivity index (χ1v) is 10.4. The van der Waals surface area contributed by atoms with E-state index in [9.17, 15) is 18.0 Å². The zero-order valence-corrected chi connectivity index (χ0v) is 18.3. The van der Waals surface area contributed by atoms with Gasteiger partial charge in [0.15, 0.2) is 23.1 Å². The summed E-state index contributed by atoms with van der Waals surface area (Å²) in [6.45, 7) is 1.78. The first-order valence-electron chi connectivity index (χ1n) is 10.1. The van der Waals surface area contributed by atoms with Gasteiger partial charge in [0.2, 0.25) is 5.43 Å². The summed E-state index contributed by atoms with van der Waals surface area (Å²) < 4.78 is 45.6. The van der Waals surface area contributed by atoms with Crippen molar-refractivity contribution < 1.29 is 13.2 Å². The van der Waals surface area contributed by atoms with Gasteiger partial charge >= 0.3 is 0 Å². The molecule has 0 atom stereocenters. The van der Waals surface area contributed by atoms with Gasteiger partial charge < -0.3 is 4.57 Å². The summed E-state index contributed by atoms with van der Waals surface area (Å²) >= 11 is 6.11. The Bertz CT molecular complexity index is 1590. The van der Waals surface area contributed by atoms with Crippen LogP contribution in [0.4, 0.5) is 13.2 Å². The van der Waals surface area contributed by atoms with E-state index in [0.717, 1.165) is 23.0 Å². The Hall–Kier alpha value is -4.11. The topological polar surface area (TPSA) is 57.6 Å². The quantitative estimate of drug-likeness (QED) is 0.352. The molecular weight excluding hydrogens is 467 g/mol. The Morgan fingerprint density at radius 3 is 2.32 bits per heavy atom. The number of aromatic nitrogens is 5. The number of hydrogen-bond acceptors (Lipinski definition) is 3. The van der Waals surface area contributed by atoms with Crippen molar-refractivity contribution in [1.82, 2.24) is 24.1 Å². The molecule has 5 rings (SSSR count). The minimum atomic E-state index is -1.04. The van der Waals surface area contributed by atoms with Crippen molar-refractivity contribution in [1.29, 1.82) is 0 Å². The summed E-state index contributed by atoms with van der Waals surface area (Å²) in [5.74, 6) is -2.78. The second-order valence-corrected chi connectivity index (χ2v) is 7.97. The zero-order valence-electron chi connectivity index (χ0n) is 17.6. The Morgan fingerprint density at radius 2 is 1.62 bits per heavy atom. The smallest absolute Gasteiger partial charge is 0.209 e. The molecule has 3 heterocycles. The monoisotopic (exact) mass is 481 g/mol. The van der Waals surface area contributed by atoms with Crippen molar-refractivity contribution in [2.75, 3.05) is 0 Å². The highest BCUT2D eigenvalue weighted by atomic mass is 35.5. The standard InChI is InChI=1S/C24H15ClF3N5O/c1-14-9-22(33(29-14)17-4-2-3-15(25)10-17)24-23(34)7-8-32(30-24)21-6-5-16(11-18(21)26)31-12-19(27)20(28)13-31/h2-13H,1H3. The minimum Gasteiger partial charge on any atom is -0.318 e. The lowest BCUT2D eigenvalue weighted by Crippen LogP contribution is -2.15. The number of aryl methyl sites for hydroxylation is 1. The number of nitrogens with zero attached hydrogens (tertiary/aromatic N) is 5. The van der Waals surface area contributed by atoms with E-state index < -0.39 is 17.5 Å². The predicted octanol–water partition coefficient (Wildman–Crippen LogP) is 5.26. The van der Waals surface area contributed by atoms with Gasteiger partial charge in [-0.15, -0.1) is 0 Å². The average Bonchev–Trinajstić information content (AvgIpc) is 3.36. The lowest BCUT2D eigenvalue weighted by Gasteiger charge is -2.11. The predicted molar refractivity (Wildman–Crippen MR) is 121 cm³/mol. The summed E-state index contributed by atoms with van der Waals surface area (Å²) in [4.78, 5) is 12.7. The molecule has 5 aromatic rings. The van der Waals surface area contributed by atoms with Gasteiger partial charge in [-0.1, -0.05) is 17.7 Å². The number of halogens is 4. The first kappa shape index (κ1) is 21.7. The van der Waals surface area contributed by atoms with Crippen molar-refractivity contribution >= 4 is 11.6 Å². The Labute approximate surface area is 196 Å². The molecule has 0 radical (unpaired) electrons. The van der Waals surface area contributed by atoms with Crippen LogP contribution in [0.2, 0.25) is 5.02 Å². The molecule has 34 heavy (non-hydrogen) atoms. The second kappa shape index (κ2) is 8.35. The maximum absolute atomic E-state index is 15.0. The molecule has 0 unspecified atom stereocenters. The Balaban J connectivity index is 1.59. The van der Waals surface area contributed by atoms with Gasteiger partial charge in [-0.05, 0) is 43.3 Å². The van der Waals surface area contributed by atoms with Crippen molar-refractivity contribution in [2.45, 2.75) is 6.92 Å². The van der Waals surface area contributed by atoms with Gasteiger partial charge in [0.25, 0.3) is 0 Å². The molecule has 0 spiro atoms. The van der Waals surface area contributed by atoms with Gasteiger partial charge in [-0.25, -0.2) is 22.5 Å². The van der Waals surface area contributed by atoms with E-state index in [1.54, 1.807) is 41.9 Å². The van der Waals surface area contributed by atoms with Crippen LogP contribution in [-0.2, 0) is 0 Å². The van der Waals surface area contributed by atoms with Crippen molar-refractivity contribution in [3.05, 3.63) is 112 Å². The molecule has 0 amide bonds. The molecular formula is C24H15ClF3N5O. The maximum atomic E-state index is 15.0. The van der Waals surface area contributed by atoms with Crippen LogP contribution in [0.25, 0.3) is 28.5 Å². The molecule has 2 aromatic carbocycles. The highest BCUT2D eigenvalue weighted by Gasteiger charge is 2.17. The number of hydrogen-bond donors (Lipinski definition) is 0. The molecule has 170 valence electrons. The fourth-order valence-corrected chi connectivity index (χ4v) is 3.77. The van der Waals surface area contributed by atoms with Gasteiger partial charge in [-0.3, -0.25) is 4.79 Å². The highest BCUT2D eigenvalue weighted by molar-refractivity contribution is 6.30. The average molecular weight is 482 g/mol. The molecule has 3 aromatic heterocycles. The van der Waals surface area contributed by atoms with E-state index in [-0.39, 0.29) is 22.5 Å². The fourth-order valence-electron chi connectivity index (χ4n) is 3.59. The van der Waals surface area contributed by atoms with E-state index in [4.69, 9.17) is 11.6 Å². The van der Waals surface area contributed by atoms with Crippen LogP contribution >= 0.6 is 11.6 Å². The summed E-state index contributed by atoms with van der Waals surface area (Å²) in [6.07, 6.45) is 3.17. The normalized spacial score (nSPS) is 11.2. The Morgan fingerprint density at radius 1 is 0.853 bits per heavy atom. The molecule has 0 aliphatic heterocycles. The number of rotatable bonds is 4. The molecule has 0 bridgehead atoms. The molecule has 0 N–H and O–H groups in total. The van der Waals surface area contributed by atoms with Gasteiger partial charge in [0.05, 0.1) is 17.1 Å². The fraction of sp³-hybridized carbons (Fsp3) is 0.0417. The van der Waals surface area contributed by atoms with Crippen molar-refractivity contribution in [2.24, 2.45) is 0 Å². The SMILES string of the molecule is Cc1cc(-c2nn(-c3ccc(-n4cc(F)c(F)c4)cc3F)ccc2=O)n(-c2cccc(Cl)c2)n1. The Kier molecular flexibility index (Phi) is 5.33. The second-order valence-electron chi connectivity index (χ2n) is 7.53. The summed E-state index contributed by atoms with van der Waals surface area (Å²) in [5.41, 5.74) is 1.64. The van der Waals surface area contributed by atoms with Gasteiger partial charge in [-0.2, -0.15) is 10.2 Å². The van der Waals surface area contributed by atoms with Gasteiger partial charge in [0.1, 0.15) is 5.69 Å². The van der Waals surface area contributed by atoms with Crippen LogP contribution in [0.5, 0.6) is 0 Å². The third-order valence-corrected chi connectivity index (χ3v) is 5.38. The van der Waals surface area contributed by atoms with E-state index in [1.807, 2.05) is 0 Å². The van der Waals surface area contributed by atoms with Crippen molar-refractivity contribution in [3.63, 3.8) is 0 Å². The van der Waals surface area contributed by atoms with Crippen LogP contribution < -0.4 is 5.43 Å². The lowest BCUT2D eigenvalue weighted by molar-refractivity contribution is 0.516. The minimum absolute atomic E-state index is 0.0450. The number of benzene rings is 2. The molecule has 0 aliphatic rings. The summed E-state index contributed by atoms with van der Waals surface area (Å²) in [5, 5.41) is 9.30. The summed E-state index contributed by atoms with van der Waals surface area (Å²) in [7, 11) is 0. The van der Waals surface area contributed by atoms with Crippen LogP contribution in [0.15, 0.2) is 78.0 Å². The van der Waals surface area contributed by atoms with E-state index in [0.29, 0.717) is 22.1 Å². The molecule has 0 saturated carbocycles. The van der Waals surface area contributed by atoms with E-state index in [1.165, 1.54) is 29.1 Å². The maximum Gasteiger partial charge on any atom is 0.209 e. The van der Waals surface area contributed by atoms with E-state index in [2.05, 4.69) is 10.2 Å². The lowest BCUT2D eigenvalue weighted by atomic mass is 10.2. The first-order chi connectivity index (χ1) is 16.3. The largest absolute Gasteiger partial charge is 0.318 e. The third-order valence-electron chi connectivity index (χ3n) is 5.14. The molecule has 10 heteroatoms. The van der Waals surface area contributed by atoms with Crippen LogP contribution in [0.1, 0.15) is 5.69 Å². The third kappa shape index (κ3) is 3.90. The molecule has 6 nitrogen and oxygen atoms in total. The van der Waals surface area contributed by atoms with Crippen molar-refractivity contribution in [3.8, 4) is 28.5 Å². The highest BCUT2D eigenvalue weighted by Crippen LogP contribution is 2.24. The van der Waals surface area contributed by atoms with Crippen LogP contribution in [-0.4, -0.2) is 24.1 Å². The zero-order chi connectivity index (χ0) is 24.0. The van der Waals surface area contributed by atoms with Crippen LogP contribution in [0, 0.1) is 24.4 Å². The molecule has 0 aliphatic carbocycles. The molecule has 0 saturated heterocycles. The molecule has 0 fully saturated rings. The summed E-state index contributed by atoms with van der Waals surface area (Å²) in [6, 6.07) is 13.9. The van der Waals surface area contributed by atoms with Crippen LogP contribution in [0.3, 0.4) is 0 Å². The van der Waals surface area contributed by atoms with Gasteiger partial charge in [0, 0.05) is 41.4 Å². The van der Waals surface area contributed by atoms with E-state index >= 15 is 0 Å².